The van der Waals surface area contributed by atoms with Gasteiger partial charge in [-0.1, -0.05) is 72.9 Å². The Hall–Kier alpha value is 1.38. The first-order chi connectivity index (χ1) is 8.77. The van der Waals surface area contributed by atoms with E-state index in [1.165, 1.54) is 8.86 Å². The lowest BCUT2D eigenvalue weighted by Gasteiger charge is -2.55. The molecule has 1 saturated carbocycles. The van der Waals surface area contributed by atoms with Crippen LogP contribution in [0.3, 0.4) is 0 Å². The maximum atomic E-state index is 6.23. The van der Waals surface area contributed by atoms with Crippen LogP contribution in [0.2, 0.25) is 0 Å². The molecule has 2 fully saturated rings. The molecule has 19 heavy (non-hydrogen) atoms. The standard InChI is InChI=1S/C15H26I2O2/c1-11-5-15(18-9-13(2,3)10-19-15)6-12(7-16)14(11,4)8-17/h11-12H,5-10H2,1-4H3/t11-,12+,14+/m0/s1. The molecule has 0 aromatic heterocycles. The molecule has 4 heteroatoms. The second-order valence-corrected chi connectivity index (χ2v) is 9.10. The molecule has 3 atom stereocenters. The fourth-order valence-corrected chi connectivity index (χ4v) is 5.93. The van der Waals surface area contributed by atoms with Gasteiger partial charge in [-0.15, -0.1) is 0 Å². The van der Waals surface area contributed by atoms with E-state index in [1.807, 2.05) is 0 Å². The maximum absolute atomic E-state index is 6.23. The van der Waals surface area contributed by atoms with E-state index in [-0.39, 0.29) is 11.2 Å². The Balaban J connectivity index is 2.15. The Morgan fingerprint density at radius 1 is 1.05 bits per heavy atom. The minimum absolute atomic E-state index is 0.165. The third kappa shape index (κ3) is 3.26. The number of rotatable bonds is 2. The highest BCUT2D eigenvalue weighted by atomic mass is 127. The summed E-state index contributed by atoms with van der Waals surface area (Å²) in [6.07, 6.45) is 2.12. The molecule has 0 unspecified atom stereocenters. The Morgan fingerprint density at radius 2 is 1.63 bits per heavy atom. The van der Waals surface area contributed by atoms with E-state index in [0.717, 1.165) is 26.1 Å². The molecule has 2 rings (SSSR count). The fraction of sp³-hybridized carbons (Fsp3) is 1.00. The smallest absolute Gasteiger partial charge is 0.168 e. The highest BCUT2D eigenvalue weighted by molar-refractivity contribution is 14.1. The Kier molecular flexibility index (Phi) is 5.18. The molecule has 2 nitrogen and oxygen atoms in total. The van der Waals surface area contributed by atoms with Crippen LogP contribution in [0.1, 0.15) is 40.5 Å². The van der Waals surface area contributed by atoms with E-state index < -0.39 is 0 Å². The van der Waals surface area contributed by atoms with E-state index in [0.29, 0.717) is 17.3 Å². The molecule has 112 valence electrons. The monoisotopic (exact) mass is 492 g/mol. The van der Waals surface area contributed by atoms with Crippen molar-refractivity contribution in [2.24, 2.45) is 22.7 Å². The third-order valence-corrected chi connectivity index (χ3v) is 7.87. The van der Waals surface area contributed by atoms with E-state index >= 15 is 0 Å². The molecule has 1 spiro atoms. The highest BCUT2D eigenvalue weighted by Gasteiger charge is 2.53. The van der Waals surface area contributed by atoms with E-state index in [2.05, 4.69) is 72.9 Å². The van der Waals surface area contributed by atoms with Crippen molar-refractivity contribution < 1.29 is 9.47 Å². The van der Waals surface area contributed by atoms with Crippen molar-refractivity contribution >= 4 is 45.2 Å². The number of alkyl halides is 2. The van der Waals surface area contributed by atoms with Crippen molar-refractivity contribution in [1.29, 1.82) is 0 Å². The van der Waals surface area contributed by atoms with Crippen LogP contribution in [0.25, 0.3) is 0 Å². The van der Waals surface area contributed by atoms with Crippen molar-refractivity contribution in [3.63, 3.8) is 0 Å². The van der Waals surface area contributed by atoms with Gasteiger partial charge < -0.3 is 9.47 Å². The van der Waals surface area contributed by atoms with Crippen LogP contribution in [0.4, 0.5) is 0 Å². The van der Waals surface area contributed by atoms with Crippen molar-refractivity contribution in [3.8, 4) is 0 Å². The average molecular weight is 492 g/mol. The largest absolute Gasteiger partial charge is 0.349 e. The predicted octanol–water partition coefficient (Wildman–Crippen LogP) is 4.68. The van der Waals surface area contributed by atoms with Crippen LogP contribution in [0.15, 0.2) is 0 Å². The van der Waals surface area contributed by atoms with Crippen LogP contribution in [0, 0.1) is 22.7 Å². The summed E-state index contributed by atoms with van der Waals surface area (Å²) in [4.78, 5) is 0. The predicted molar refractivity (Wildman–Crippen MR) is 96.2 cm³/mol. The summed E-state index contributed by atoms with van der Waals surface area (Å²) in [6, 6.07) is 0. The molecular weight excluding hydrogens is 466 g/mol. The summed E-state index contributed by atoms with van der Waals surface area (Å²) in [7, 11) is 0. The van der Waals surface area contributed by atoms with Crippen molar-refractivity contribution in [2.75, 3.05) is 22.1 Å². The summed E-state index contributed by atoms with van der Waals surface area (Å²) in [5.74, 6) is 1.05. The maximum Gasteiger partial charge on any atom is 0.168 e. The van der Waals surface area contributed by atoms with Gasteiger partial charge in [-0.2, -0.15) is 0 Å². The minimum Gasteiger partial charge on any atom is -0.349 e. The number of halogens is 2. The molecule has 1 saturated heterocycles. The molecular formula is C15H26I2O2. The average Bonchev–Trinajstić information content (AvgIpc) is 2.38. The minimum atomic E-state index is -0.296. The molecule has 1 aliphatic heterocycles. The molecule has 0 aromatic carbocycles. The van der Waals surface area contributed by atoms with E-state index in [4.69, 9.17) is 9.47 Å². The summed E-state index contributed by atoms with van der Waals surface area (Å²) in [5.41, 5.74) is 0.588. The molecule has 0 aromatic rings. The zero-order chi connectivity index (χ0) is 14.3. The lowest BCUT2D eigenvalue weighted by molar-refractivity contribution is -0.328. The third-order valence-electron chi connectivity index (χ3n) is 5.16. The number of ether oxygens (including phenoxy) is 2. The zero-order valence-electron chi connectivity index (χ0n) is 12.5. The second-order valence-electron chi connectivity index (χ2n) is 7.45. The summed E-state index contributed by atoms with van der Waals surface area (Å²) < 4.78 is 14.9. The fourth-order valence-electron chi connectivity index (χ4n) is 3.24. The Labute approximate surface area is 145 Å². The molecule has 1 aliphatic carbocycles. The van der Waals surface area contributed by atoms with Crippen molar-refractivity contribution in [1.82, 2.24) is 0 Å². The molecule has 2 aliphatic rings. The molecule has 0 amide bonds. The van der Waals surface area contributed by atoms with Gasteiger partial charge in [0.25, 0.3) is 0 Å². The van der Waals surface area contributed by atoms with E-state index in [9.17, 15) is 0 Å². The normalized spacial score (nSPS) is 41.4. The van der Waals surface area contributed by atoms with Gasteiger partial charge in [0.05, 0.1) is 13.2 Å². The summed E-state index contributed by atoms with van der Waals surface area (Å²) >= 11 is 5.09. The van der Waals surface area contributed by atoms with Crippen molar-refractivity contribution in [2.45, 2.75) is 46.3 Å². The SMILES string of the molecule is C[C@H]1CC2(C[C@H](CI)[C@]1(C)CI)OCC(C)(C)CO2. The van der Waals surface area contributed by atoms with Crippen LogP contribution < -0.4 is 0 Å². The lowest BCUT2D eigenvalue weighted by Crippen LogP contribution is -2.56. The first-order valence-electron chi connectivity index (χ1n) is 7.17. The van der Waals surface area contributed by atoms with Gasteiger partial charge in [-0.25, -0.2) is 0 Å². The Bertz CT molecular complexity index is 322. The van der Waals surface area contributed by atoms with Crippen molar-refractivity contribution in [3.05, 3.63) is 0 Å². The molecule has 0 bridgehead atoms. The van der Waals surface area contributed by atoms with Gasteiger partial charge in [0.2, 0.25) is 0 Å². The van der Waals surface area contributed by atoms with Crippen LogP contribution in [-0.2, 0) is 9.47 Å². The van der Waals surface area contributed by atoms with Crippen LogP contribution in [0.5, 0.6) is 0 Å². The van der Waals surface area contributed by atoms with Gasteiger partial charge in [-0.3, -0.25) is 0 Å². The Morgan fingerprint density at radius 3 is 2.11 bits per heavy atom. The molecule has 0 radical (unpaired) electrons. The van der Waals surface area contributed by atoms with Gasteiger partial charge in [0.15, 0.2) is 5.79 Å². The zero-order valence-corrected chi connectivity index (χ0v) is 16.8. The topological polar surface area (TPSA) is 18.5 Å². The molecule has 1 heterocycles. The molecule has 0 N–H and O–H groups in total. The quantitative estimate of drug-likeness (QED) is 0.412. The summed E-state index contributed by atoms with van der Waals surface area (Å²) in [6.45, 7) is 10.9. The lowest BCUT2D eigenvalue weighted by atomic mass is 9.61. The van der Waals surface area contributed by atoms with Crippen LogP contribution in [-0.4, -0.2) is 27.9 Å². The number of hydrogen-bond donors (Lipinski definition) is 0. The van der Waals surface area contributed by atoms with Gasteiger partial charge in [-0.05, 0) is 17.3 Å². The van der Waals surface area contributed by atoms with Gasteiger partial charge >= 0.3 is 0 Å². The first-order valence-corrected chi connectivity index (χ1v) is 10.2. The summed E-state index contributed by atoms with van der Waals surface area (Å²) in [5, 5.41) is 0. The van der Waals surface area contributed by atoms with Gasteiger partial charge in [0.1, 0.15) is 0 Å². The van der Waals surface area contributed by atoms with E-state index in [1.54, 1.807) is 0 Å². The highest BCUT2D eigenvalue weighted by Crippen LogP contribution is 2.53. The van der Waals surface area contributed by atoms with Gasteiger partial charge in [0, 0.05) is 27.1 Å². The number of hydrogen-bond acceptors (Lipinski definition) is 2. The van der Waals surface area contributed by atoms with Crippen LogP contribution >= 0.6 is 45.2 Å². The second kappa shape index (κ2) is 5.88. The first kappa shape index (κ1) is 16.7.